The molecule has 0 bridgehead atoms. The molecule has 0 amide bonds. The molecular weight excluding hydrogens is 218 g/mol. The first kappa shape index (κ1) is 11.0. The summed E-state index contributed by atoms with van der Waals surface area (Å²) in [6.07, 6.45) is 0. The summed E-state index contributed by atoms with van der Waals surface area (Å²) in [4.78, 5) is 4.56. The lowest BCUT2D eigenvalue weighted by molar-refractivity contribution is 0.605. The molecule has 1 aliphatic rings. The van der Waals surface area contributed by atoms with Gasteiger partial charge in [-0.2, -0.15) is 5.26 Å². The minimum absolute atomic E-state index is 0.0274. The van der Waals surface area contributed by atoms with Gasteiger partial charge in [-0.15, -0.1) is 0 Å². The molecule has 1 heterocycles. The van der Waals surface area contributed by atoms with Gasteiger partial charge in [0, 0.05) is 11.4 Å². The fraction of sp³-hybridized carbons (Fsp3) is 0.333. The van der Waals surface area contributed by atoms with Crippen molar-refractivity contribution in [2.75, 3.05) is 11.1 Å². The molecule has 0 fully saturated rings. The maximum atomic E-state index is 8.68. The van der Waals surface area contributed by atoms with E-state index in [0.717, 1.165) is 16.6 Å². The molecule has 4 heteroatoms. The van der Waals surface area contributed by atoms with E-state index in [9.17, 15) is 0 Å². The largest absolute Gasteiger partial charge is 0.335 e. The van der Waals surface area contributed by atoms with Gasteiger partial charge in [0.1, 0.15) is 0 Å². The highest BCUT2D eigenvalue weighted by molar-refractivity contribution is 8.14. The van der Waals surface area contributed by atoms with Crippen LogP contribution in [0.3, 0.4) is 0 Å². The van der Waals surface area contributed by atoms with Gasteiger partial charge >= 0.3 is 0 Å². The van der Waals surface area contributed by atoms with Crippen molar-refractivity contribution in [3.8, 4) is 6.07 Å². The van der Waals surface area contributed by atoms with Gasteiger partial charge in [-0.05, 0) is 38.1 Å². The van der Waals surface area contributed by atoms with Crippen LogP contribution in [-0.2, 0) is 0 Å². The molecule has 0 radical (unpaired) electrons. The maximum Gasteiger partial charge on any atom is 0.161 e. The fourth-order valence-electron chi connectivity index (χ4n) is 1.40. The normalized spacial score (nSPS) is 17.7. The molecule has 1 N–H and O–H groups in total. The van der Waals surface area contributed by atoms with Crippen LogP contribution in [0.1, 0.15) is 19.4 Å². The molecule has 0 atom stereocenters. The van der Waals surface area contributed by atoms with Crippen LogP contribution in [0.5, 0.6) is 0 Å². The van der Waals surface area contributed by atoms with E-state index in [2.05, 4.69) is 30.2 Å². The van der Waals surface area contributed by atoms with Crippen molar-refractivity contribution < 1.29 is 0 Å². The molecule has 0 saturated heterocycles. The summed E-state index contributed by atoms with van der Waals surface area (Å²) in [5.74, 6) is 1.01. The molecule has 1 aliphatic heterocycles. The Balaban J connectivity index is 2.08. The van der Waals surface area contributed by atoms with Crippen molar-refractivity contribution in [3.05, 3.63) is 29.8 Å². The van der Waals surface area contributed by atoms with Gasteiger partial charge in [0.05, 0.1) is 17.2 Å². The van der Waals surface area contributed by atoms with Gasteiger partial charge in [0.25, 0.3) is 0 Å². The van der Waals surface area contributed by atoms with Crippen LogP contribution in [-0.4, -0.2) is 16.5 Å². The summed E-state index contributed by atoms with van der Waals surface area (Å²) >= 11 is 1.73. The third-order valence-corrected chi connectivity index (χ3v) is 3.55. The van der Waals surface area contributed by atoms with Crippen LogP contribution in [0.2, 0.25) is 0 Å². The zero-order chi connectivity index (χ0) is 11.6. The van der Waals surface area contributed by atoms with Crippen molar-refractivity contribution >= 4 is 22.6 Å². The van der Waals surface area contributed by atoms with Gasteiger partial charge in [0.15, 0.2) is 5.17 Å². The molecule has 0 unspecified atom stereocenters. The van der Waals surface area contributed by atoms with E-state index in [1.807, 2.05) is 12.1 Å². The number of nitriles is 1. The fourth-order valence-corrected chi connectivity index (χ4v) is 2.46. The highest BCUT2D eigenvalue weighted by Crippen LogP contribution is 2.27. The Hall–Kier alpha value is -1.47. The van der Waals surface area contributed by atoms with Gasteiger partial charge < -0.3 is 5.32 Å². The predicted octanol–water partition coefficient (Wildman–Crippen LogP) is 2.85. The molecule has 0 spiro atoms. The molecule has 16 heavy (non-hydrogen) atoms. The van der Waals surface area contributed by atoms with E-state index in [4.69, 9.17) is 5.26 Å². The standard InChI is InChI=1S/C12H13N3S/c1-12(2)8-16-11(15-12)14-10-5-3-9(7-13)4-6-10/h3-6H,8H2,1-2H3,(H,14,15). The molecule has 82 valence electrons. The number of amidine groups is 1. The Morgan fingerprint density at radius 1 is 1.38 bits per heavy atom. The number of aliphatic imine (C=N–C) groups is 1. The number of nitrogens with zero attached hydrogens (tertiary/aromatic N) is 2. The SMILES string of the molecule is CC1(C)CSC(Nc2ccc(C#N)cc2)=N1. The van der Waals surface area contributed by atoms with E-state index >= 15 is 0 Å². The number of hydrogen-bond donors (Lipinski definition) is 1. The number of benzene rings is 1. The second-order valence-corrected chi connectivity index (χ2v) is 5.30. The average Bonchev–Trinajstić information content (AvgIpc) is 2.59. The molecule has 2 rings (SSSR count). The van der Waals surface area contributed by atoms with Crippen LogP contribution in [0, 0.1) is 11.3 Å². The molecule has 1 aromatic carbocycles. The maximum absolute atomic E-state index is 8.68. The Morgan fingerprint density at radius 2 is 2.06 bits per heavy atom. The average molecular weight is 231 g/mol. The first-order chi connectivity index (χ1) is 7.59. The van der Waals surface area contributed by atoms with E-state index in [1.165, 1.54) is 0 Å². The minimum atomic E-state index is 0.0274. The lowest BCUT2D eigenvalue weighted by Gasteiger charge is -2.09. The topological polar surface area (TPSA) is 48.2 Å². The van der Waals surface area contributed by atoms with Crippen molar-refractivity contribution in [2.45, 2.75) is 19.4 Å². The molecule has 0 aromatic heterocycles. The monoisotopic (exact) mass is 231 g/mol. The first-order valence-corrected chi connectivity index (χ1v) is 6.07. The number of nitrogens with one attached hydrogen (secondary N) is 1. The Labute approximate surface area is 99.6 Å². The zero-order valence-corrected chi connectivity index (χ0v) is 10.1. The summed E-state index contributed by atoms with van der Waals surface area (Å²) in [7, 11) is 0. The van der Waals surface area contributed by atoms with E-state index in [0.29, 0.717) is 5.56 Å². The van der Waals surface area contributed by atoms with Crippen LogP contribution >= 0.6 is 11.8 Å². The molecule has 0 saturated carbocycles. The molecule has 0 aliphatic carbocycles. The van der Waals surface area contributed by atoms with Gasteiger partial charge in [0.2, 0.25) is 0 Å². The molecule has 1 aromatic rings. The number of rotatable bonds is 1. The first-order valence-electron chi connectivity index (χ1n) is 5.09. The number of hydrogen-bond acceptors (Lipinski definition) is 4. The van der Waals surface area contributed by atoms with E-state index in [-0.39, 0.29) is 5.54 Å². The summed E-state index contributed by atoms with van der Waals surface area (Å²) in [6.45, 7) is 4.24. The Morgan fingerprint density at radius 3 is 2.56 bits per heavy atom. The van der Waals surface area contributed by atoms with Crippen LogP contribution in [0.15, 0.2) is 29.3 Å². The Kier molecular flexibility index (Phi) is 2.88. The second kappa shape index (κ2) is 4.18. The number of thioether (sulfide) groups is 1. The van der Waals surface area contributed by atoms with E-state index in [1.54, 1.807) is 23.9 Å². The van der Waals surface area contributed by atoms with Crippen LogP contribution in [0.4, 0.5) is 5.69 Å². The number of anilines is 1. The van der Waals surface area contributed by atoms with Crippen molar-refractivity contribution in [2.24, 2.45) is 4.99 Å². The summed E-state index contributed by atoms with van der Waals surface area (Å²) in [6, 6.07) is 9.49. The summed E-state index contributed by atoms with van der Waals surface area (Å²) < 4.78 is 0. The molecule has 3 nitrogen and oxygen atoms in total. The third kappa shape index (κ3) is 2.56. The Bertz CT molecular complexity index is 454. The second-order valence-electron chi connectivity index (χ2n) is 4.33. The third-order valence-electron chi connectivity index (χ3n) is 2.23. The van der Waals surface area contributed by atoms with Gasteiger partial charge in [-0.3, -0.25) is 4.99 Å². The van der Waals surface area contributed by atoms with Crippen LogP contribution < -0.4 is 5.32 Å². The van der Waals surface area contributed by atoms with Crippen molar-refractivity contribution in [1.82, 2.24) is 0 Å². The minimum Gasteiger partial charge on any atom is -0.335 e. The zero-order valence-electron chi connectivity index (χ0n) is 9.32. The van der Waals surface area contributed by atoms with Crippen molar-refractivity contribution in [3.63, 3.8) is 0 Å². The highest BCUT2D eigenvalue weighted by Gasteiger charge is 2.25. The lowest BCUT2D eigenvalue weighted by Crippen LogP contribution is -2.15. The van der Waals surface area contributed by atoms with Gasteiger partial charge in [-0.1, -0.05) is 11.8 Å². The smallest absolute Gasteiger partial charge is 0.161 e. The van der Waals surface area contributed by atoms with Crippen LogP contribution in [0.25, 0.3) is 0 Å². The predicted molar refractivity (Wildman–Crippen MR) is 68.8 cm³/mol. The summed E-state index contributed by atoms with van der Waals surface area (Å²) in [5.41, 5.74) is 1.68. The lowest BCUT2D eigenvalue weighted by atomic mass is 10.1. The quantitative estimate of drug-likeness (QED) is 0.808. The van der Waals surface area contributed by atoms with Crippen molar-refractivity contribution in [1.29, 1.82) is 5.26 Å². The molecular formula is C12H13N3S. The highest BCUT2D eigenvalue weighted by atomic mass is 32.2. The summed E-state index contributed by atoms with van der Waals surface area (Å²) in [5, 5.41) is 12.9. The van der Waals surface area contributed by atoms with E-state index < -0.39 is 0 Å². The van der Waals surface area contributed by atoms with Gasteiger partial charge in [-0.25, -0.2) is 0 Å².